The van der Waals surface area contributed by atoms with Crippen molar-refractivity contribution < 1.29 is 9.59 Å². The Labute approximate surface area is 176 Å². The molecule has 1 N–H and O–H groups in total. The molecule has 1 aromatic heterocycles. The topological polar surface area (TPSA) is 52.7 Å². The minimum Gasteiger partial charge on any atom is -0.323 e. The number of benzene rings is 1. The van der Waals surface area contributed by atoms with E-state index in [4.69, 9.17) is 0 Å². The van der Waals surface area contributed by atoms with E-state index in [0.717, 1.165) is 38.0 Å². The van der Waals surface area contributed by atoms with Crippen LogP contribution in [0, 0.1) is 5.92 Å². The van der Waals surface area contributed by atoms with Crippen LogP contribution in [0.25, 0.3) is 6.08 Å². The van der Waals surface area contributed by atoms with Crippen LogP contribution in [0.15, 0.2) is 53.2 Å². The molecule has 0 aliphatic carbocycles. The van der Waals surface area contributed by atoms with Gasteiger partial charge in [-0.15, -0.1) is 0 Å². The number of urea groups is 1. The number of hydrogen-bond donors (Lipinski definition) is 1. The number of piperidine rings is 1. The van der Waals surface area contributed by atoms with Crippen molar-refractivity contribution >= 4 is 29.4 Å². The average molecular weight is 410 g/mol. The van der Waals surface area contributed by atoms with E-state index in [0.29, 0.717) is 6.54 Å². The van der Waals surface area contributed by atoms with Crippen molar-refractivity contribution in [1.29, 1.82) is 0 Å². The van der Waals surface area contributed by atoms with Gasteiger partial charge in [0.25, 0.3) is 5.91 Å². The summed E-state index contributed by atoms with van der Waals surface area (Å²) in [6.45, 7) is 5.03. The Balaban J connectivity index is 1.32. The molecule has 1 aromatic carbocycles. The van der Waals surface area contributed by atoms with Crippen LogP contribution in [-0.4, -0.2) is 46.9 Å². The van der Waals surface area contributed by atoms with E-state index in [1.54, 1.807) is 11.3 Å². The van der Waals surface area contributed by atoms with Crippen LogP contribution in [0.4, 0.5) is 4.79 Å². The van der Waals surface area contributed by atoms with E-state index in [1.165, 1.54) is 10.5 Å². The first kappa shape index (κ1) is 19.9. The van der Waals surface area contributed by atoms with Gasteiger partial charge in [-0.05, 0) is 66.7 Å². The number of carbonyl (C=O) groups is 2. The molecule has 3 amide bonds. The SMILES string of the molecule is CC1(C2CCN(C/C=C/c3ccccc3)CC2)NC(=O)N(Cc2ccsc2)C1=O. The molecular weight excluding hydrogens is 382 g/mol. The third-order valence-corrected chi connectivity index (χ3v) is 6.83. The molecule has 29 heavy (non-hydrogen) atoms. The highest BCUT2D eigenvalue weighted by molar-refractivity contribution is 7.07. The molecule has 2 saturated heterocycles. The Hall–Kier alpha value is -2.44. The zero-order chi connectivity index (χ0) is 20.3. The number of carbonyl (C=O) groups excluding carboxylic acids is 2. The molecule has 2 aliphatic heterocycles. The highest BCUT2D eigenvalue weighted by Gasteiger charge is 2.52. The Morgan fingerprint density at radius 1 is 1.17 bits per heavy atom. The van der Waals surface area contributed by atoms with Crippen LogP contribution in [0.5, 0.6) is 0 Å². The van der Waals surface area contributed by atoms with Crippen molar-refractivity contribution in [2.75, 3.05) is 19.6 Å². The monoisotopic (exact) mass is 409 g/mol. The van der Waals surface area contributed by atoms with Crippen molar-refractivity contribution in [1.82, 2.24) is 15.1 Å². The maximum Gasteiger partial charge on any atom is 0.325 e. The Bertz CT molecular complexity index is 873. The van der Waals surface area contributed by atoms with Gasteiger partial charge in [0.05, 0.1) is 6.54 Å². The van der Waals surface area contributed by atoms with Gasteiger partial charge in [0.1, 0.15) is 5.54 Å². The minimum atomic E-state index is -0.793. The lowest BCUT2D eigenvalue weighted by atomic mass is 9.79. The third kappa shape index (κ3) is 4.28. The number of likely N-dealkylation sites (tertiary alicyclic amines) is 1. The summed E-state index contributed by atoms with van der Waals surface area (Å²) in [5.41, 5.74) is 1.42. The maximum atomic E-state index is 13.1. The lowest BCUT2D eigenvalue weighted by Crippen LogP contribution is -2.53. The molecule has 0 bridgehead atoms. The third-order valence-electron chi connectivity index (χ3n) is 6.10. The summed E-state index contributed by atoms with van der Waals surface area (Å²) in [5.74, 6) is 0.0805. The molecule has 2 aromatic rings. The van der Waals surface area contributed by atoms with Gasteiger partial charge in [0.2, 0.25) is 0 Å². The predicted octanol–water partition coefficient (Wildman–Crippen LogP) is 3.98. The van der Waals surface area contributed by atoms with Gasteiger partial charge in [0.15, 0.2) is 0 Å². The van der Waals surface area contributed by atoms with Crippen molar-refractivity contribution in [2.45, 2.75) is 31.8 Å². The summed E-state index contributed by atoms with van der Waals surface area (Å²) in [6, 6.07) is 12.0. The maximum absolute atomic E-state index is 13.1. The van der Waals surface area contributed by atoms with Crippen molar-refractivity contribution in [2.24, 2.45) is 5.92 Å². The first-order valence-corrected chi connectivity index (χ1v) is 11.1. The predicted molar refractivity (Wildman–Crippen MR) is 116 cm³/mol. The molecule has 3 heterocycles. The molecule has 0 saturated carbocycles. The summed E-state index contributed by atoms with van der Waals surface area (Å²) in [6.07, 6.45) is 6.17. The summed E-state index contributed by atoms with van der Waals surface area (Å²) >= 11 is 1.58. The van der Waals surface area contributed by atoms with Gasteiger partial charge in [0, 0.05) is 6.54 Å². The van der Waals surface area contributed by atoms with Crippen molar-refractivity contribution in [3.8, 4) is 0 Å². The van der Waals surface area contributed by atoms with Gasteiger partial charge in [-0.2, -0.15) is 11.3 Å². The first-order valence-electron chi connectivity index (χ1n) is 10.2. The van der Waals surface area contributed by atoms with Crippen LogP contribution in [0.2, 0.25) is 0 Å². The fourth-order valence-corrected chi connectivity index (χ4v) is 4.96. The smallest absolute Gasteiger partial charge is 0.323 e. The second-order valence-corrected chi connectivity index (χ2v) is 8.82. The highest BCUT2D eigenvalue weighted by atomic mass is 32.1. The highest BCUT2D eigenvalue weighted by Crippen LogP contribution is 2.34. The Kier molecular flexibility index (Phi) is 5.83. The van der Waals surface area contributed by atoms with Gasteiger partial charge in [-0.1, -0.05) is 42.5 Å². The zero-order valence-corrected chi connectivity index (χ0v) is 17.5. The molecular formula is C23H27N3O2S. The summed E-state index contributed by atoms with van der Waals surface area (Å²) < 4.78 is 0. The van der Waals surface area contributed by atoms with Crippen molar-refractivity contribution in [3.63, 3.8) is 0 Å². The lowest BCUT2D eigenvalue weighted by molar-refractivity contribution is -0.133. The number of nitrogens with one attached hydrogen (secondary N) is 1. The van der Waals surface area contributed by atoms with Gasteiger partial charge >= 0.3 is 6.03 Å². The Morgan fingerprint density at radius 3 is 2.62 bits per heavy atom. The Morgan fingerprint density at radius 2 is 1.93 bits per heavy atom. The van der Waals surface area contributed by atoms with Crippen LogP contribution in [0.3, 0.4) is 0 Å². The van der Waals surface area contributed by atoms with Gasteiger partial charge in [-0.3, -0.25) is 14.6 Å². The summed E-state index contributed by atoms with van der Waals surface area (Å²) in [5, 5.41) is 6.95. The molecule has 6 heteroatoms. The second-order valence-electron chi connectivity index (χ2n) is 8.04. The van der Waals surface area contributed by atoms with Gasteiger partial charge < -0.3 is 5.32 Å². The number of nitrogens with zero attached hydrogens (tertiary/aromatic N) is 2. The van der Waals surface area contributed by atoms with E-state index < -0.39 is 5.54 Å². The molecule has 152 valence electrons. The van der Waals surface area contributed by atoms with Crippen molar-refractivity contribution in [3.05, 3.63) is 64.4 Å². The number of amides is 3. The van der Waals surface area contributed by atoms with Crippen LogP contribution in [-0.2, 0) is 11.3 Å². The normalized spacial score (nSPS) is 23.8. The van der Waals surface area contributed by atoms with E-state index in [2.05, 4.69) is 34.5 Å². The fourth-order valence-electron chi connectivity index (χ4n) is 4.30. The second kappa shape index (κ2) is 8.51. The molecule has 4 rings (SSSR count). The van der Waals surface area contributed by atoms with E-state index in [9.17, 15) is 9.59 Å². The average Bonchev–Trinajstić information content (AvgIpc) is 3.32. The fraction of sp³-hybridized carbons (Fsp3) is 0.391. The number of thiophene rings is 1. The zero-order valence-electron chi connectivity index (χ0n) is 16.7. The van der Waals surface area contributed by atoms with Gasteiger partial charge in [-0.25, -0.2) is 4.79 Å². The minimum absolute atomic E-state index is 0.0869. The summed E-state index contributed by atoms with van der Waals surface area (Å²) in [4.78, 5) is 29.4. The summed E-state index contributed by atoms with van der Waals surface area (Å²) in [7, 11) is 0. The first-order chi connectivity index (χ1) is 14.1. The van der Waals surface area contributed by atoms with Crippen LogP contribution in [0.1, 0.15) is 30.9 Å². The standard InChI is InChI=1S/C23H27N3O2S/c1-23(21(27)26(22(28)24-23)16-19-11-15-29-17-19)20-9-13-25(14-10-20)12-5-8-18-6-3-2-4-7-18/h2-8,11,15,17,20H,9-10,12-14,16H2,1H3,(H,24,28)/b8-5+. The van der Waals surface area contributed by atoms with E-state index >= 15 is 0 Å². The molecule has 1 atom stereocenters. The largest absolute Gasteiger partial charge is 0.325 e. The van der Waals surface area contributed by atoms with E-state index in [-0.39, 0.29) is 17.9 Å². The van der Waals surface area contributed by atoms with Crippen LogP contribution >= 0.6 is 11.3 Å². The quantitative estimate of drug-likeness (QED) is 0.734. The number of imide groups is 1. The molecule has 2 aliphatic rings. The lowest BCUT2D eigenvalue weighted by Gasteiger charge is -2.38. The van der Waals surface area contributed by atoms with E-state index in [1.807, 2.05) is 41.9 Å². The molecule has 0 spiro atoms. The number of rotatable bonds is 6. The molecule has 1 unspecified atom stereocenters. The molecule has 5 nitrogen and oxygen atoms in total. The molecule has 0 radical (unpaired) electrons. The van der Waals surface area contributed by atoms with Crippen LogP contribution < -0.4 is 5.32 Å². The molecule has 2 fully saturated rings. The number of hydrogen-bond acceptors (Lipinski definition) is 4.